The van der Waals surface area contributed by atoms with Crippen LogP contribution in [0.1, 0.15) is 13.3 Å². The van der Waals surface area contributed by atoms with Gasteiger partial charge in [-0.3, -0.25) is 4.79 Å². The molecular weight excluding hydrogens is 140 g/mol. The molecule has 1 saturated heterocycles. The molecule has 1 heterocycles. The molecule has 1 fully saturated rings. The maximum atomic E-state index is 10.4. The van der Waals surface area contributed by atoms with Gasteiger partial charge in [-0.2, -0.15) is 0 Å². The standard InChI is InChI=1S/C8H12N2O/c1-2-7-3-8(4-9)10(5-7)6-11/h2,4,6,8-9H,3,5H2,1H3/b7-2+,9-4?. The minimum absolute atomic E-state index is 0.00120. The molecule has 0 aromatic carbocycles. The first-order valence-corrected chi connectivity index (χ1v) is 3.67. The van der Waals surface area contributed by atoms with E-state index in [-0.39, 0.29) is 6.04 Å². The fourth-order valence-electron chi connectivity index (χ4n) is 1.28. The van der Waals surface area contributed by atoms with Gasteiger partial charge in [0.1, 0.15) is 0 Å². The summed E-state index contributed by atoms with van der Waals surface area (Å²) >= 11 is 0. The number of likely N-dealkylation sites (tertiary alicyclic amines) is 1. The predicted octanol–water partition coefficient (Wildman–Crippen LogP) is 0.813. The van der Waals surface area contributed by atoms with Crippen LogP contribution in [0.15, 0.2) is 11.6 Å². The van der Waals surface area contributed by atoms with Gasteiger partial charge in [-0.05, 0) is 13.3 Å². The lowest BCUT2D eigenvalue weighted by Crippen LogP contribution is -2.28. The Hall–Kier alpha value is -1.12. The van der Waals surface area contributed by atoms with E-state index in [4.69, 9.17) is 5.41 Å². The summed E-state index contributed by atoms with van der Waals surface area (Å²) in [5.41, 5.74) is 1.24. The molecule has 11 heavy (non-hydrogen) atoms. The molecule has 0 bridgehead atoms. The molecule has 0 radical (unpaired) electrons. The first-order valence-electron chi connectivity index (χ1n) is 3.67. The van der Waals surface area contributed by atoms with Crippen LogP contribution >= 0.6 is 0 Å². The highest BCUT2D eigenvalue weighted by molar-refractivity contribution is 5.68. The van der Waals surface area contributed by atoms with Gasteiger partial charge >= 0.3 is 0 Å². The van der Waals surface area contributed by atoms with E-state index in [9.17, 15) is 4.79 Å². The van der Waals surface area contributed by atoms with Gasteiger partial charge in [-0.25, -0.2) is 0 Å². The van der Waals surface area contributed by atoms with Crippen molar-refractivity contribution in [3.8, 4) is 0 Å². The Morgan fingerprint density at radius 1 is 1.73 bits per heavy atom. The average Bonchev–Trinajstić information content (AvgIpc) is 2.46. The Bertz CT molecular complexity index is 180. The minimum Gasteiger partial charge on any atom is -0.333 e. The van der Waals surface area contributed by atoms with Crippen molar-refractivity contribution >= 4 is 12.6 Å². The molecule has 0 aliphatic carbocycles. The molecule has 1 aliphatic heterocycles. The van der Waals surface area contributed by atoms with E-state index < -0.39 is 0 Å². The van der Waals surface area contributed by atoms with Gasteiger partial charge in [0, 0.05) is 12.8 Å². The van der Waals surface area contributed by atoms with E-state index in [1.54, 1.807) is 4.90 Å². The Morgan fingerprint density at radius 3 is 2.82 bits per heavy atom. The number of amides is 1. The van der Waals surface area contributed by atoms with Crippen molar-refractivity contribution in [2.24, 2.45) is 0 Å². The molecule has 1 amide bonds. The summed E-state index contributed by atoms with van der Waals surface area (Å²) in [4.78, 5) is 12.1. The first-order chi connectivity index (χ1) is 5.31. The number of hydrogen-bond donors (Lipinski definition) is 1. The summed E-state index contributed by atoms with van der Waals surface area (Å²) < 4.78 is 0. The van der Waals surface area contributed by atoms with Gasteiger partial charge in [-0.15, -0.1) is 0 Å². The molecular formula is C8H12N2O. The van der Waals surface area contributed by atoms with Crippen molar-refractivity contribution in [2.45, 2.75) is 19.4 Å². The van der Waals surface area contributed by atoms with Crippen molar-refractivity contribution in [3.05, 3.63) is 11.6 Å². The first kappa shape index (κ1) is 7.98. The molecule has 3 nitrogen and oxygen atoms in total. The molecule has 1 atom stereocenters. The predicted molar refractivity (Wildman–Crippen MR) is 43.7 cm³/mol. The summed E-state index contributed by atoms with van der Waals surface area (Å²) in [5.74, 6) is 0. The molecule has 1 N–H and O–H groups in total. The molecule has 3 heteroatoms. The molecule has 0 aromatic rings. The van der Waals surface area contributed by atoms with Crippen LogP contribution in [-0.2, 0) is 4.79 Å². The molecule has 1 aliphatic rings. The van der Waals surface area contributed by atoms with Gasteiger partial charge in [0.2, 0.25) is 6.41 Å². The summed E-state index contributed by atoms with van der Waals surface area (Å²) in [6.45, 7) is 2.66. The van der Waals surface area contributed by atoms with Crippen molar-refractivity contribution in [1.29, 1.82) is 5.41 Å². The Labute approximate surface area is 66.2 Å². The van der Waals surface area contributed by atoms with Crippen LogP contribution in [0.5, 0.6) is 0 Å². The number of carbonyl (C=O) groups excluding carboxylic acids is 1. The molecule has 1 rings (SSSR count). The van der Waals surface area contributed by atoms with Crippen LogP contribution < -0.4 is 0 Å². The highest BCUT2D eigenvalue weighted by Gasteiger charge is 2.23. The van der Waals surface area contributed by atoms with Crippen molar-refractivity contribution in [2.75, 3.05) is 6.54 Å². The lowest BCUT2D eigenvalue weighted by atomic mass is 10.2. The van der Waals surface area contributed by atoms with Crippen LogP contribution in [0.4, 0.5) is 0 Å². The third kappa shape index (κ3) is 1.48. The maximum Gasteiger partial charge on any atom is 0.210 e. The van der Waals surface area contributed by atoms with Gasteiger partial charge in [-0.1, -0.05) is 11.6 Å². The zero-order valence-electron chi connectivity index (χ0n) is 6.58. The summed E-state index contributed by atoms with van der Waals surface area (Å²) in [6.07, 6.45) is 4.98. The van der Waals surface area contributed by atoms with E-state index in [2.05, 4.69) is 0 Å². The van der Waals surface area contributed by atoms with Gasteiger partial charge in [0.25, 0.3) is 0 Å². The summed E-state index contributed by atoms with van der Waals surface area (Å²) in [5, 5.41) is 7.05. The fourth-order valence-corrected chi connectivity index (χ4v) is 1.28. The zero-order chi connectivity index (χ0) is 8.27. The monoisotopic (exact) mass is 152 g/mol. The van der Waals surface area contributed by atoms with Crippen LogP contribution in [0.2, 0.25) is 0 Å². The second-order valence-corrected chi connectivity index (χ2v) is 2.66. The smallest absolute Gasteiger partial charge is 0.210 e. The number of carbonyl (C=O) groups is 1. The van der Waals surface area contributed by atoms with E-state index in [0.717, 1.165) is 12.8 Å². The van der Waals surface area contributed by atoms with Crippen LogP contribution in [-0.4, -0.2) is 30.1 Å². The molecule has 0 saturated carbocycles. The summed E-state index contributed by atoms with van der Waals surface area (Å²) in [7, 11) is 0. The number of allylic oxidation sites excluding steroid dienone is 1. The number of nitrogens with zero attached hydrogens (tertiary/aromatic N) is 1. The third-order valence-electron chi connectivity index (χ3n) is 2.02. The highest BCUT2D eigenvalue weighted by atomic mass is 16.1. The van der Waals surface area contributed by atoms with Gasteiger partial charge < -0.3 is 10.3 Å². The molecule has 0 spiro atoms. The summed E-state index contributed by atoms with van der Waals surface area (Å²) in [6, 6.07) is -0.00120. The van der Waals surface area contributed by atoms with E-state index in [0.29, 0.717) is 6.54 Å². The van der Waals surface area contributed by atoms with E-state index in [1.807, 2.05) is 13.0 Å². The average molecular weight is 152 g/mol. The van der Waals surface area contributed by atoms with Crippen LogP contribution in [0.25, 0.3) is 0 Å². The Balaban J connectivity index is 2.68. The Kier molecular flexibility index (Phi) is 2.41. The van der Waals surface area contributed by atoms with Crippen molar-refractivity contribution in [1.82, 2.24) is 4.90 Å². The van der Waals surface area contributed by atoms with E-state index in [1.165, 1.54) is 11.8 Å². The second-order valence-electron chi connectivity index (χ2n) is 2.66. The van der Waals surface area contributed by atoms with Crippen molar-refractivity contribution < 1.29 is 4.79 Å². The van der Waals surface area contributed by atoms with Crippen molar-refractivity contribution in [3.63, 3.8) is 0 Å². The minimum atomic E-state index is -0.00120. The van der Waals surface area contributed by atoms with Crippen LogP contribution in [0, 0.1) is 5.41 Å². The Morgan fingerprint density at radius 2 is 2.45 bits per heavy atom. The largest absolute Gasteiger partial charge is 0.333 e. The second kappa shape index (κ2) is 3.32. The maximum absolute atomic E-state index is 10.4. The topological polar surface area (TPSA) is 44.2 Å². The molecule has 0 aromatic heterocycles. The zero-order valence-corrected chi connectivity index (χ0v) is 6.58. The lowest BCUT2D eigenvalue weighted by Gasteiger charge is -2.12. The molecule has 60 valence electrons. The SMILES string of the molecule is C/C=C1\CC(C=N)N(C=O)C1. The van der Waals surface area contributed by atoms with Crippen LogP contribution in [0.3, 0.4) is 0 Å². The van der Waals surface area contributed by atoms with Gasteiger partial charge in [0.15, 0.2) is 0 Å². The number of nitrogens with one attached hydrogen (secondary N) is 1. The van der Waals surface area contributed by atoms with E-state index >= 15 is 0 Å². The molecule has 1 unspecified atom stereocenters. The number of rotatable bonds is 2. The lowest BCUT2D eigenvalue weighted by molar-refractivity contribution is -0.117. The fraction of sp³-hybridized carbons (Fsp3) is 0.500. The normalized spacial score (nSPS) is 27.5. The quantitative estimate of drug-likeness (QED) is 0.355. The highest BCUT2D eigenvalue weighted by Crippen LogP contribution is 2.18. The number of hydrogen-bond acceptors (Lipinski definition) is 2. The third-order valence-corrected chi connectivity index (χ3v) is 2.02. The van der Waals surface area contributed by atoms with Gasteiger partial charge in [0.05, 0.1) is 6.04 Å².